The molecule has 2 aromatic carbocycles. The van der Waals surface area contributed by atoms with E-state index in [-0.39, 0.29) is 16.5 Å². The average molecular weight is 420 g/mol. The van der Waals surface area contributed by atoms with Crippen LogP contribution in [0.25, 0.3) is 23.3 Å². The Kier molecular flexibility index (Phi) is 6.11. The maximum atomic E-state index is 13.8. The van der Waals surface area contributed by atoms with Crippen molar-refractivity contribution in [2.24, 2.45) is 5.73 Å². The first-order chi connectivity index (χ1) is 14.6. The van der Waals surface area contributed by atoms with E-state index in [0.717, 1.165) is 22.9 Å². The molecule has 0 saturated carbocycles. The normalized spacial score (nSPS) is 11.6. The van der Waals surface area contributed by atoms with Gasteiger partial charge in [-0.05, 0) is 46.9 Å². The van der Waals surface area contributed by atoms with Gasteiger partial charge in [0, 0.05) is 28.5 Å². The number of amides is 1. The Morgan fingerprint density at radius 1 is 1.10 bits per heavy atom. The van der Waals surface area contributed by atoms with Crippen molar-refractivity contribution in [2.45, 2.75) is 26.2 Å². The SMILES string of the molecule is COc1c(C=Cc2ccc(C(N)=O)cc2)cc(-c2cc(F)c[nH]c2=O)cc1C(C)(C)C. The van der Waals surface area contributed by atoms with Gasteiger partial charge < -0.3 is 15.5 Å². The van der Waals surface area contributed by atoms with E-state index >= 15 is 0 Å². The number of aromatic amines is 1. The molecule has 0 atom stereocenters. The van der Waals surface area contributed by atoms with Crippen LogP contribution in [0.15, 0.2) is 53.5 Å². The lowest BCUT2D eigenvalue weighted by molar-refractivity contribution is 0.100. The molecule has 0 saturated heterocycles. The molecule has 3 N–H and O–H groups in total. The lowest BCUT2D eigenvalue weighted by Crippen LogP contribution is -2.15. The van der Waals surface area contributed by atoms with E-state index in [1.165, 1.54) is 6.07 Å². The van der Waals surface area contributed by atoms with E-state index in [1.807, 2.05) is 39.0 Å². The van der Waals surface area contributed by atoms with E-state index in [9.17, 15) is 14.0 Å². The monoisotopic (exact) mass is 420 g/mol. The summed E-state index contributed by atoms with van der Waals surface area (Å²) in [5.74, 6) is -0.330. The molecule has 0 aliphatic rings. The molecule has 5 nitrogen and oxygen atoms in total. The third kappa shape index (κ3) is 4.91. The van der Waals surface area contributed by atoms with Crippen molar-refractivity contribution in [1.82, 2.24) is 4.98 Å². The highest BCUT2D eigenvalue weighted by Gasteiger charge is 2.23. The first kappa shape index (κ1) is 22.0. The van der Waals surface area contributed by atoms with Gasteiger partial charge in [0.15, 0.2) is 0 Å². The number of methoxy groups -OCH3 is 1. The number of nitrogens with two attached hydrogens (primary N) is 1. The molecular weight excluding hydrogens is 395 g/mol. The molecule has 1 heterocycles. The van der Waals surface area contributed by atoms with Crippen LogP contribution in [-0.4, -0.2) is 18.0 Å². The first-order valence-electron chi connectivity index (χ1n) is 9.79. The standard InChI is InChI=1S/C25H25FN2O3/c1-25(2,3)21-12-18(20-13-19(26)14-28-24(20)30)11-17(22(21)31-4)10-7-15-5-8-16(9-6-15)23(27)29/h5-14H,1-4H3,(H2,27,29)(H,28,30). The second kappa shape index (κ2) is 8.60. The van der Waals surface area contributed by atoms with Crippen LogP contribution in [0.1, 0.15) is 47.8 Å². The minimum Gasteiger partial charge on any atom is -0.496 e. The van der Waals surface area contributed by atoms with E-state index in [4.69, 9.17) is 10.5 Å². The van der Waals surface area contributed by atoms with Gasteiger partial charge in [0.25, 0.3) is 5.56 Å². The fraction of sp³-hybridized carbons (Fsp3) is 0.200. The summed E-state index contributed by atoms with van der Waals surface area (Å²) in [5.41, 5.74) is 8.39. The Balaban J connectivity index is 2.16. The molecule has 6 heteroatoms. The molecule has 0 unspecified atom stereocenters. The molecule has 0 aliphatic carbocycles. The van der Waals surface area contributed by atoms with Gasteiger partial charge in [0.1, 0.15) is 11.6 Å². The molecule has 31 heavy (non-hydrogen) atoms. The molecule has 0 aliphatic heterocycles. The molecule has 3 aromatic rings. The number of hydrogen-bond acceptors (Lipinski definition) is 3. The van der Waals surface area contributed by atoms with Crippen LogP contribution in [0.3, 0.4) is 0 Å². The van der Waals surface area contributed by atoms with E-state index in [1.54, 1.807) is 37.4 Å². The number of H-pyrrole nitrogens is 1. The zero-order valence-corrected chi connectivity index (χ0v) is 18.0. The molecule has 0 fully saturated rings. The summed E-state index contributed by atoms with van der Waals surface area (Å²) in [7, 11) is 1.60. The fourth-order valence-electron chi connectivity index (χ4n) is 3.33. The Morgan fingerprint density at radius 2 is 1.77 bits per heavy atom. The molecule has 0 radical (unpaired) electrons. The number of hydrogen-bond donors (Lipinski definition) is 2. The van der Waals surface area contributed by atoms with E-state index in [0.29, 0.717) is 16.9 Å². The Bertz CT molecular complexity index is 1200. The van der Waals surface area contributed by atoms with Crippen LogP contribution in [0.5, 0.6) is 5.75 Å². The zero-order valence-electron chi connectivity index (χ0n) is 18.0. The Hall–Kier alpha value is -3.67. The minimum atomic E-state index is -0.519. The minimum absolute atomic E-state index is 0.244. The van der Waals surface area contributed by atoms with Gasteiger partial charge in [0.2, 0.25) is 5.91 Å². The third-order valence-electron chi connectivity index (χ3n) is 4.96. The number of ether oxygens (including phenoxy) is 1. The molecule has 1 amide bonds. The number of nitrogens with one attached hydrogen (secondary N) is 1. The van der Waals surface area contributed by atoms with Gasteiger partial charge >= 0.3 is 0 Å². The topological polar surface area (TPSA) is 85.2 Å². The predicted octanol–water partition coefficient (Wildman–Crippen LogP) is 4.76. The molecule has 160 valence electrons. The van der Waals surface area contributed by atoms with Gasteiger partial charge in [-0.3, -0.25) is 9.59 Å². The Morgan fingerprint density at radius 3 is 2.35 bits per heavy atom. The van der Waals surface area contributed by atoms with Crippen LogP contribution in [0.2, 0.25) is 0 Å². The summed E-state index contributed by atoms with van der Waals surface area (Å²) in [6.07, 6.45) is 4.77. The molecule has 1 aromatic heterocycles. The lowest BCUT2D eigenvalue weighted by atomic mass is 9.83. The summed E-state index contributed by atoms with van der Waals surface area (Å²) in [5, 5.41) is 0. The van der Waals surface area contributed by atoms with Crippen LogP contribution < -0.4 is 16.0 Å². The van der Waals surface area contributed by atoms with Crippen molar-refractivity contribution in [2.75, 3.05) is 7.11 Å². The highest BCUT2D eigenvalue weighted by atomic mass is 19.1. The third-order valence-corrected chi connectivity index (χ3v) is 4.96. The molecule has 3 rings (SSSR count). The van der Waals surface area contributed by atoms with Crippen LogP contribution in [0, 0.1) is 5.82 Å². The van der Waals surface area contributed by atoms with Gasteiger partial charge in [-0.25, -0.2) is 4.39 Å². The number of carbonyl (C=O) groups excluding carboxylic acids is 1. The zero-order chi connectivity index (χ0) is 22.8. The number of rotatable bonds is 5. The van der Waals surface area contributed by atoms with Crippen LogP contribution in [-0.2, 0) is 5.41 Å². The lowest BCUT2D eigenvalue weighted by Gasteiger charge is -2.24. The van der Waals surface area contributed by atoms with Crippen molar-refractivity contribution < 1.29 is 13.9 Å². The second-order valence-electron chi connectivity index (χ2n) is 8.28. The summed E-state index contributed by atoms with van der Waals surface area (Å²) in [6.45, 7) is 6.13. The van der Waals surface area contributed by atoms with Crippen molar-refractivity contribution in [3.8, 4) is 16.9 Å². The summed E-state index contributed by atoms with van der Waals surface area (Å²) in [6, 6.07) is 11.8. The summed E-state index contributed by atoms with van der Waals surface area (Å²) in [4.78, 5) is 26.0. The quantitative estimate of drug-likeness (QED) is 0.584. The smallest absolute Gasteiger partial charge is 0.256 e. The van der Waals surface area contributed by atoms with Gasteiger partial charge in [-0.15, -0.1) is 0 Å². The number of pyridine rings is 1. The Labute approximate surface area is 180 Å². The van der Waals surface area contributed by atoms with Gasteiger partial charge in [-0.2, -0.15) is 0 Å². The highest BCUT2D eigenvalue weighted by molar-refractivity contribution is 5.93. The fourth-order valence-corrected chi connectivity index (χ4v) is 3.33. The number of halogens is 1. The second-order valence-corrected chi connectivity index (χ2v) is 8.28. The molecule has 0 bridgehead atoms. The average Bonchev–Trinajstić information content (AvgIpc) is 2.72. The van der Waals surface area contributed by atoms with Crippen molar-refractivity contribution in [1.29, 1.82) is 0 Å². The van der Waals surface area contributed by atoms with Crippen LogP contribution >= 0.6 is 0 Å². The number of aromatic nitrogens is 1. The maximum Gasteiger partial charge on any atom is 0.256 e. The van der Waals surface area contributed by atoms with Crippen molar-refractivity contribution >= 4 is 18.1 Å². The molecular formula is C25H25FN2O3. The maximum absolute atomic E-state index is 13.8. The number of primary amides is 1. The van der Waals surface area contributed by atoms with E-state index < -0.39 is 11.7 Å². The van der Waals surface area contributed by atoms with E-state index in [2.05, 4.69) is 4.98 Å². The predicted molar refractivity (Wildman–Crippen MR) is 122 cm³/mol. The summed E-state index contributed by atoms with van der Waals surface area (Å²) < 4.78 is 19.5. The van der Waals surface area contributed by atoms with Crippen LogP contribution in [0.4, 0.5) is 4.39 Å². The summed E-state index contributed by atoms with van der Waals surface area (Å²) >= 11 is 0. The number of benzene rings is 2. The van der Waals surface area contributed by atoms with Crippen molar-refractivity contribution in [3.05, 3.63) is 87.1 Å². The van der Waals surface area contributed by atoms with Crippen molar-refractivity contribution in [3.63, 3.8) is 0 Å². The largest absolute Gasteiger partial charge is 0.496 e. The van der Waals surface area contributed by atoms with Gasteiger partial charge in [-0.1, -0.05) is 45.1 Å². The highest BCUT2D eigenvalue weighted by Crippen LogP contribution is 2.38. The number of carbonyl (C=O) groups is 1. The van der Waals surface area contributed by atoms with Gasteiger partial charge in [0.05, 0.1) is 7.11 Å². The first-order valence-corrected chi connectivity index (χ1v) is 9.79. The molecule has 0 spiro atoms.